The number of aromatic carboxylic acids is 1. The number of aromatic nitrogens is 1. The number of halogens is 2. The van der Waals surface area contributed by atoms with E-state index in [1.807, 2.05) is 0 Å². The van der Waals surface area contributed by atoms with Gasteiger partial charge in [0.2, 0.25) is 0 Å². The van der Waals surface area contributed by atoms with Gasteiger partial charge >= 0.3 is 5.97 Å². The maximum atomic E-state index is 10.9. The highest BCUT2D eigenvalue weighted by Gasteiger charge is 2.13. The fraction of sp³-hybridized carbons (Fsp3) is 0.222. The Hall–Kier alpha value is -0.930. The molecule has 5 heteroatoms. The fourth-order valence-corrected chi connectivity index (χ4v) is 1.40. The van der Waals surface area contributed by atoms with E-state index in [4.69, 9.17) is 28.3 Å². The summed E-state index contributed by atoms with van der Waals surface area (Å²) >= 11 is 11.1. The van der Waals surface area contributed by atoms with Crippen LogP contribution in [0.5, 0.6) is 0 Å². The summed E-state index contributed by atoms with van der Waals surface area (Å²) < 4.78 is 1.54. The van der Waals surface area contributed by atoms with Crippen molar-refractivity contribution in [2.24, 2.45) is 0 Å². The van der Waals surface area contributed by atoms with Crippen LogP contribution < -0.4 is 0 Å². The molecule has 0 aliphatic heterocycles. The Morgan fingerprint density at radius 3 is 2.86 bits per heavy atom. The summed E-state index contributed by atoms with van der Waals surface area (Å²) in [6.45, 7) is 2.01. The van der Waals surface area contributed by atoms with Gasteiger partial charge < -0.3 is 9.67 Å². The molecule has 14 heavy (non-hydrogen) atoms. The van der Waals surface area contributed by atoms with E-state index in [0.717, 1.165) is 0 Å². The topological polar surface area (TPSA) is 42.2 Å². The average molecular weight is 234 g/mol. The van der Waals surface area contributed by atoms with E-state index >= 15 is 0 Å². The zero-order valence-electron chi connectivity index (χ0n) is 7.50. The Bertz CT molecular complexity index is 382. The Morgan fingerprint density at radius 2 is 2.36 bits per heavy atom. The first-order valence-corrected chi connectivity index (χ1v) is 4.71. The van der Waals surface area contributed by atoms with E-state index in [1.165, 1.54) is 5.54 Å². The number of hydrogen-bond acceptors (Lipinski definition) is 1. The average Bonchev–Trinajstić information content (AvgIpc) is 2.46. The zero-order valence-corrected chi connectivity index (χ0v) is 9.01. The summed E-state index contributed by atoms with van der Waals surface area (Å²) in [4.78, 5) is 10.9. The largest absolute Gasteiger partial charge is 0.477 e. The fourth-order valence-electron chi connectivity index (χ4n) is 1.20. The van der Waals surface area contributed by atoms with Crippen LogP contribution >= 0.6 is 23.2 Å². The lowest BCUT2D eigenvalue weighted by Gasteiger charge is -2.05. The third-order valence-corrected chi connectivity index (χ3v) is 2.41. The van der Waals surface area contributed by atoms with Crippen LogP contribution in [-0.2, 0) is 6.54 Å². The van der Waals surface area contributed by atoms with Crippen LogP contribution in [0.2, 0.25) is 0 Å². The number of rotatable bonds is 3. The van der Waals surface area contributed by atoms with E-state index in [1.54, 1.807) is 23.8 Å². The molecule has 0 aliphatic carbocycles. The number of allylic oxidation sites excluding steroid dienone is 1. The van der Waals surface area contributed by atoms with Crippen molar-refractivity contribution in [2.75, 3.05) is 0 Å². The van der Waals surface area contributed by atoms with Crippen LogP contribution in [0.25, 0.3) is 0 Å². The van der Waals surface area contributed by atoms with Gasteiger partial charge in [0.25, 0.3) is 0 Å². The second-order valence-electron chi connectivity index (χ2n) is 2.84. The van der Waals surface area contributed by atoms with E-state index in [-0.39, 0.29) is 12.2 Å². The molecule has 1 rings (SSSR count). The lowest BCUT2D eigenvalue weighted by atomic mass is 10.3. The maximum absolute atomic E-state index is 10.9. The molecular weight excluding hydrogens is 225 g/mol. The minimum Gasteiger partial charge on any atom is -0.477 e. The minimum atomic E-state index is -0.966. The smallest absolute Gasteiger partial charge is 0.352 e. The molecule has 0 aliphatic rings. The van der Waals surface area contributed by atoms with Crippen molar-refractivity contribution < 1.29 is 9.90 Å². The first kappa shape index (κ1) is 11.1. The second-order valence-corrected chi connectivity index (χ2v) is 3.54. The summed E-state index contributed by atoms with van der Waals surface area (Å²) in [7, 11) is 0. The molecule has 1 aromatic rings. The molecule has 0 amide bonds. The maximum Gasteiger partial charge on any atom is 0.352 e. The highest BCUT2D eigenvalue weighted by atomic mass is 35.5. The number of hydrogen-bond donors (Lipinski definition) is 1. The molecule has 0 aromatic carbocycles. The number of carboxylic acid groups (broad SMARTS) is 1. The van der Waals surface area contributed by atoms with Gasteiger partial charge in [0.1, 0.15) is 5.69 Å². The van der Waals surface area contributed by atoms with Crippen LogP contribution in [0.4, 0.5) is 0 Å². The third-order valence-electron chi connectivity index (χ3n) is 1.81. The summed E-state index contributed by atoms with van der Waals surface area (Å²) in [6, 6.07) is 1.72. The van der Waals surface area contributed by atoms with Crippen LogP contribution in [0, 0.1) is 6.92 Å². The van der Waals surface area contributed by atoms with Gasteiger partial charge in [0.15, 0.2) is 0 Å². The Labute approximate surface area is 91.5 Å². The van der Waals surface area contributed by atoms with Crippen molar-refractivity contribution in [3.05, 3.63) is 34.1 Å². The molecule has 1 aromatic heterocycles. The molecule has 0 bridgehead atoms. The Balaban J connectivity index is 3.04. The van der Waals surface area contributed by atoms with Crippen LogP contribution in [0.15, 0.2) is 22.8 Å². The number of nitrogens with zero attached hydrogens (tertiary/aromatic N) is 1. The van der Waals surface area contributed by atoms with Crippen LogP contribution in [0.1, 0.15) is 16.1 Å². The first-order chi connectivity index (χ1) is 6.56. The van der Waals surface area contributed by atoms with Crippen molar-refractivity contribution in [3.63, 3.8) is 0 Å². The number of carbonyl (C=O) groups is 1. The lowest BCUT2D eigenvalue weighted by molar-refractivity contribution is 0.0685. The predicted molar refractivity (Wildman–Crippen MR) is 55.9 cm³/mol. The highest BCUT2D eigenvalue weighted by molar-refractivity contribution is 6.36. The van der Waals surface area contributed by atoms with Gasteiger partial charge in [-0.3, -0.25) is 0 Å². The summed E-state index contributed by atoms with van der Waals surface area (Å²) in [5.74, 6) is -0.966. The SMILES string of the molecule is Cc1ccn(C/C(Cl)=C/Cl)c1C(=O)O. The van der Waals surface area contributed by atoms with Crippen molar-refractivity contribution in [2.45, 2.75) is 13.5 Å². The van der Waals surface area contributed by atoms with Crippen molar-refractivity contribution in [3.8, 4) is 0 Å². The van der Waals surface area contributed by atoms with Crippen LogP contribution in [-0.4, -0.2) is 15.6 Å². The lowest BCUT2D eigenvalue weighted by Crippen LogP contribution is -2.09. The zero-order chi connectivity index (χ0) is 10.7. The highest BCUT2D eigenvalue weighted by Crippen LogP contribution is 2.14. The summed E-state index contributed by atoms with van der Waals surface area (Å²) in [6.07, 6.45) is 1.67. The molecule has 1 N–H and O–H groups in total. The van der Waals surface area contributed by atoms with Gasteiger partial charge in [-0.05, 0) is 18.6 Å². The molecular formula is C9H9Cl2NO2. The molecule has 3 nitrogen and oxygen atoms in total. The molecule has 0 fully saturated rings. The summed E-state index contributed by atoms with van der Waals surface area (Å²) in [5.41, 5.74) is 2.17. The van der Waals surface area contributed by atoms with Crippen molar-refractivity contribution in [1.29, 1.82) is 0 Å². The molecule has 1 heterocycles. The van der Waals surface area contributed by atoms with Crippen molar-refractivity contribution >= 4 is 29.2 Å². The molecule has 0 spiro atoms. The molecule has 0 atom stereocenters. The van der Waals surface area contributed by atoms with E-state index in [0.29, 0.717) is 10.6 Å². The van der Waals surface area contributed by atoms with Crippen LogP contribution in [0.3, 0.4) is 0 Å². The van der Waals surface area contributed by atoms with Gasteiger partial charge in [0.05, 0.1) is 6.54 Å². The monoisotopic (exact) mass is 233 g/mol. The van der Waals surface area contributed by atoms with E-state index < -0.39 is 5.97 Å². The van der Waals surface area contributed by atoms with Gasteiger partial charge in [-0.1, -0.05) is 23.2 Å². The minimum absolute atomic E-state index is 0.238. The Morgan fingerprint density at radius 1 is 1.71 bits per heavy atom. The van der Waals surface area contributed by atoms with Gasteiger partial charge in [-0.25, -0.2) is 4.79 Å². The Kier molecular flexibility index (Phi) is 3.61. The van der Waals surface area contributed by atoms with Gasteiger partial charge in [-0.15, -0.1) is 0 Å². The summed E-state index contributed by atoms with van der Waals surface area (Å²) in [5, 5.41) is 9.30. The molecule has 0 saturated carbocycles. The molecule has 76 valence electrons. The quantitative estimate of drug-likeness (QED) is 0.873. The van der Waals surface area contributed by atoms with Gasteiger partial charge in [0, 0.05) is 16.8 Å². The molecule has 0 saturated heterocycles. The second kappa shape index (κ2) is 4.53. The molecule has 0 unspecified atom stereocenters. The van der Waals surface area contributed by atoms with E-state index in [9.17, 15) is 4.79 Å². The number of carboxylic acids is 1. The normalized spacial score (nSPS) is 11.8. The number of aryl methyl sites for hydroxylation is 1. The first-order valence-electron chi connectivity index (χ1n) is 3.90. The van der Waals surface area contributed by atoms with Crippen molar-refractivity contribution in [1.82, 2.24) is 4.57 Å². The van der Waals surface area contributed by atoms with E-state index in [2.05, 4.69) is 0 Å². The predicted octanol–water partition coefficient (Wildman–Crippen LogP) is 2.81. The third kappa shape index (κ3) is 2.30. The molecule has 0 radical (unpaired) electrons. The standard InChI is InChI=1S/C9H9Cl2NO2/c1-6-2-3-12(5-7(11)4-10)8(6)9(13)14/h2-4H,5H2,1H3,(H,13,14)/b7-4-. The van der Waals surface area contributed by atoms with Gasteiger partial charge in [-0.2, -0.15) is 0 Å².